The van der Waals surface area contributed by atoms with Gasteiger partial charge in [0.1, 0.15) is 30.2 Å². The molecule has 1 heterocycles. The first-order valence-corrected chi connectivity index (χ1v) is 7.09. The lowest BCUT2D eigenvalue weighted by atomic mass is 9.94. The van der Waals surface area contributed by atoms with Crippen molar-refractivity contribution in [1.29, 1.82) is 0 Å². The summed E-state index contributed by atoms with van der Waals surface area (Å²) in [7, 11) is 0. The summed E-state index contributed by atoms with van der Waals surface area (Å²) in [6.45, 7) is -0.719. The van der Waals surface area contributed by atoms with E-state index in [1.807, 2.05) is 0 Å². The van der Waals surface area contributed by atoms with Crippen molar-refractivity contribution in [3.8, 4) is 5.75 Å². The van der Waals surface area contributed by atoms with E-state index < -0.39 is 55.1 Å². The fourth-order valence-corrected chi connectivity index (χ4v) is 2.30. The van der Waals surface area contributed by atoms with Gasteiger partial charge in [0.05, 0.1) is 6.61 Å². The van der Waals surface area contributed by atoms with Gasteiger partial charge in [-0.1, -0.05) is 6.07 Å². The quantitative estimate of drug-likeness (QED) is 0.479. The van der Waals surface area contributed by atoms with E-state index in [9.17, 15) is 33.3 Å². The molecule has 0 aliphatic carbocycles. The normalized spacial score (nSPS) is 30.0. The number of anilines is 1. The fourth-order valence-electron chi connectivity index (χ4n) is 2.30. The van der Waals surface area contributed by atoms with Gasteiger partial charge in [-0.25, -0.2) is 0 Å². The second-order valence-corrected chi connectivity index (χ2v) is 5.31. The molecule has 1 fully saturated rings. The molecule has 0 aromatic heterocycles. The summed E-state index contributed by atoms with van der Waals surface area (Å²) >= 11 is 0. The number of aliphatic hydroxyl groups is 4. The smallest absolute Gasteiger partial charge is 0.406 e. The number of benzene rings is 1. The van der Waals surface area contributed by atoms with Gasteiger partial charge in [0.25, 0.3) is 5.91 Å². The molecule has 0 bridgehead atoms. The molecule has 1 aliphatic heterocycles. The number of amides is 1. The van der Waals surface area contributed by atoms with Crippen molar-refractivity contribution in [2.75, 3.05) is 11.9 Å². The van der Waals surface area contributed by atoms with Crippen LogP contribution >= 0.6 is 0 Å². The second kappa shape index (κ2) is 7.54. The maximum atomic E-state index is 12.2. The Morgan fingerprint density at radius 1 is 1.20 bits per heavy atom. The Morgan fingerprint density at radius 3 is 2.48 bits per heavy atom. The molecule has 1 aliphatic rings. The Kier molecular flexibility index (Phi) is 5.85. The van der Waals surface area contributed by atoms with Crippen LogP contribution in [-0.2, 0) is 9.53 Å². The number of hydrogen-bond donors (Lipinski definition) is 5. The minimum absolute atomic E-state index is 0.0799. The largest absolute Gasteiger partial charge is 0.573 e. The van der Waals surface area contributed by atoms with Gasteiger partial charge < -0.3 is 35.2 Å². The third kappa shape index (κ3) is 4.80. The predicted octanol–water partition coefficient (Wildman–Crippen LogP) is -0.634. The van der Waals surface area contributed by atoms with Gasteiger partial charge in [-0.05, 0) is 12.1 Å². The van der Waals surface area contributed by atoms with E-state index in [1.54, 1.807) is 0 Å². The summed E-state index contributed by atoms with van der Waals surface area (Å²) in [5.74, 6) is -1.56. The van der Waals surface area contributed by atoms with Crippen LogP contribution in [0.1, 0.15) is 0 Å². The molecular formula is C14H16F3NO7. The summed E-state index contributed by atoms with van der Waals surface area (Å²) in [4.78, 5) is 12.2. The predicted molar refractivity (Wildman–Crippen MR) is 75.5 cm³/mol. The molecule has 140 valence electrons. The van der Waals surface area contributed by atoms with Crippen LogP contribution in [0.15, 0.2) is 24.3 Å². The average molecular weight is 367 g/mol. The van der Waals surface area contributed by atoms with Crippen molar-refractivity contribution >= 4 is 11.6 Å². The van der Waals surface area contributed by atoms with E-state index in [2.05, 4.69) is 10.1 Å². The highest BCUT2D eigenvalue weighted by molar-refractivity contribution is 5.95. The SMILES string of the molecule is O=C(Nc1cccc(OC(F)(F)F)c1)[C@@H]1O[C@H](CO)[C@H](O)[C@H](O)[C@H]1O. The zero-order chi connectivity index (χ0) is 18.8. The van der Waals surface area contributed by atoms with Crippen LogP contribution in [0.25, 0.3) is 0 Å². The van der Waals surface area contributed by atoms with Crippen LogP contribution in [0, 0.1) is 0 Å². The first-order chi connectivity index (χ1) is 11.6. The minimum atomic E-state index is -4.90. The number of ether oxygens (including phenoxy) is 2. The maximum absolute atomic E-state index is 12.2. The molecule has 1 aromatic rings. The van der Waals surface area contributed by atoms with Crippen LogP contribution in [-0.4, -0.2) is 69.8 Å². The third-order valence-electron chi connectivity index (χ3n) is 3.49. The zero-order valence-electron chi connectivity index (χ0n) is 12.6. The van der Waals surface area contributed by atoms with Crippen molar-refractivity contribution in [1.82, 2.24) is 0 Å². The molecule has 5 N–H and O–H groups in total. The summed E-state index contributed by atoms with van der Waals surface area (Å²) in [6, 6.07) is 4.39. The van der Waals surface area contributed by atoms with Crippen LogP contribution < -0.4 is 10.1 Å². The van der Waals surface area contributed by atoms with E-state index >= 15 is 0 Å². The number of carbonyl (C=O) groups is 1. The lowest BCUT2D eigenvalue weighted by Crippen LogP contribution is -2.61. The van der Waals surface area contributed by atoms with E-state index in [0.29, 0.717) is 0 Å². The first-order valence-electron chi connectivity index (χ1n) is 7.09. The molecule has 1 saturated heterocycles. The molecule has 0 saturated carbocycles. The van der Waals surface area contributed by atoms with Crippen molar-refractivity contribution < 1.29 is 47.9 Å². The van der Waals surface area contributed by atoms with Crippen LogP contribution in [0.3, 0.4) is 0 Å². The van der Waals surface area contributed by atoms with Crippen molar-refractivity contribution in [3.05, 3.63) is 24.3 Å². The van der Waals surface area contributed by atoms with Gasteiger partial charge >= 0.3 is 6.36 Å². The van der Waals surface area contributed by atoms with Crippen LogP contribution in [0.4, 0.5) is 18.9 Å². The highest BCUT2D eigenvalue weighted by atomic mass is 19.4. The molecule has 8 nitrogen and oxygen atoms in total. The van der Waals surface area contributed by atoms with Crippen molar-refractivity contribution in [2.45, 2.75) is 36.9 Å². The topological polar surface area (TPSA) is 128 Å². The molecule has 11 heteroatoms. The minimum Gasteiger partial charge on any atom is -0.406 e. The van der Waals surface area contributed by atoms with Gasteiger partial charge in [0.15, 0.2) is 6.10 Å². The molecule has 5 atom stereocenters. The van der Waals surface area contributed by atoms with Gasteiger partial charge in [0, 0.05) is 11.8 Å². The summed E-state index contributed by atoms with van der Waals surface area (Å²) in [6.07, 6.45) is -13.0. The fraction of sp³-hybridized carbons (Fsp3) is 0.500. The third-order valence-corrected chi connectivity index (χ3v) is 3.49. The summed E-state index contributed by atoms with van der Waals surface area (Å²) in [5.41, 5.74) is -0.0799. The van der Waals surface area contributed by atoms with Gasteiger partial charge in [0.2, 0.25) is 0 Å². The van der Waals surface area contributed by atoms with E-state index in [0.717, 1.165) is 12.1 Å². The lowest BCUT2D eigenvalue weighted by molar-refractivity contribution is -0.274. The van der Waals surface area contributed by atoms with Crippen LogP contribution in [0.5, 0.6) is 5.75 Å². The number of halogens is 3. The summed E-state index contributed by atoms with van der Waals surface area (Å²) < 4.78 is 45.4. The Labute approximate surface area is 139 Å². The number of rotatable bonds is 4. The zero-order valence-corrected chi connectivity index (χ0v) is 12.6. The number of nitrogens with one attached hydrogen (secondary N) is 1. The molecule has 0 radical (unpaired) electrons. The molecule has 2 rings (SSSR count). The lowest BCUT2D eigenvalue weighted by Gasteiger charge is -2.39. The second-order valence-electron chi connectivity index (χ2n) is 5.31. The standard InChI is InChI=1S/C14H16F3NO7/c15-14(16,17)25-7-3-1-2-6(4-7)18-13(23)12-11(22)10(21)9(20)8(5-19)24-12/h1-4,8-12,19-22H,5H2,(H,18,23)/t8-,9+,10+,11-,12-/m1/s1. The molecule has 1 amide bonds. The molecular weight excluding hydrogens is 351 g/mol. The Balaban J connectivity index is 2.10. The van der Waals surface area contributed by atoms with E-state index in [-0.39, 0.29) is 5.69 Å². The number of hydrogen-bond acceptors (Lipinski definition) is 7. The van der Waals surface area contributed by atoms with Gasteiger partial charge in [-0.15, -0.1) is 13.2 Å². The van der Waals surface area contributed by atoms with Crippen molar-refractivity contribution in [2.24, 2.45) is 0 Å². The average Bonchev–Trinajstić information content (AvgIpc) is 2.51. The Hall–Kier alpha value is -1.92. The van der Waals surface area contributed by atoms with Gasteiger partial charge in [-0.2, -0.15) is 0 Å². The van der Waals surface area contributed by atoms with Crippen molar-refractivity contribution in [3.63, 3.8) is 0 Å². The number of alkyl halides is 3. The van der Waals surface area contributed by atoms with E-state index in [1.165, 1.54) is 12.1 Å². The monoisotopic (exact) mass is 367 g/mol. The maximum Gasteiger partial charge on any atom is 0.573 e. The highest BCUT2D eigenvalue weighted by Crippen LogP contribution is 2.26. The number of carbonyl (C=O) groups excluding carboxylic acids is 1. The molecule has 25 heavy (non-hydrogen) atoms. The number of aliphatic hydroxyl groups excluding tert-OH is 4. The molecule has 0 unspecified atom stereocenters. The highest BCUT2D eigenvalue weighted by Gasteiger charge is 2.46. The molecule has 0 spiro atoms. The van der Waals surface area contributed by atoms with Crippen LogP contribution in [0.2, 0.25) is 0 Å². The first kappa shape index (κ1) is 19.4. The Bertz CT molecular complexity index is 610. The summed E-state index contributed by atoms with van der Waals surface area (Å²) in [5, 5.41) is 40.4. The molecule has 1 aromatic carbocycles. The van der Waals surface area contributed by atoms with Gasteiger partial charge in [-0.3, -0.25) is 4.79 Å². The van der Waals surface area contributed by atoms with E-state index in [4.69, 9.17) is 9.84 Å². The Morgan fingerprint density at radius 2 is 1.88 bits per heavy atom.